The summed E-state index contributed by atoms with van der Waals surface area (Å²) in [6, 6.07) is 0.443. The first-order valence-electron chi connectivity index (χ1n) is 7.08. The van der Waals surface area contributed by atoms with E-state index in [0.717, 1.165) is 32.5 Å². The monoisotopic (exact) mass is 274 g/mol. The van der Waals surface area contributed by atoms with Crippen molar-refractivity contribution in [2.75, 3.05) is 19.6 Å². The Labute approximate surface area is 117 Å². The molecule has 0 aromatic heterocycles. The summed E-state index contributed by atoms with van der Waals surface area (Å²) in [5.74, 6) is 0.363. The lowest BCUT2D eigenvalue weighted by Gasteiger charge is -2.24. The maximum atomic E-state index is 12.2. The van der Waals surface area contributed by atoms with E-state index in [4.69, 9.17) is 0 Å². The molecule has 2 aliphatic rings. The van der Waals surface area contributed by atoms with Gasteiger partial charge in [-0.2, -0.15) is 0 Å². The number of rotatable bonds is 2. The predicted octanol–water partition coefficient (Wildman–Crippen LogP) is 2.59. The van der Waals surface area contributed by atoms with Crippen LogP contribution in [0.15, 0.2) is 0 Å². The number of nitrogens with one attached hydrogen (secondary N) is 1. The van der Waals surface area contributed by atoms with E-state index < -0.39 is 0 Å². The number of nitrogens with zero attached hydrogens (tertiary/aromatic N) is 1. The van der Waals surface area contributed by atoms with Gasteiger partial charge in [0.05, 0.1) is 0 Å². The Morgan fingerprint density at radius 3 is 2.72 bits per heavy atom. The molecule has 0 aliphatic carbocycles. The van der Waals surface area contributed by atoms with E-state index >= 15 is 0 Å². The molecule has 2 rings (SSSR count). The first kappa shape index (κ1) is 15.8. The van der Waals surface area contributed by atoms with Gasteiger partial charge in [0, 0.05) is 25.6 Å². The maximum absolute atomic E-state index is 12.2. The molecule has 0 radical (unpaired) electrons. The fourth-order valence-corrected chi connectivity index (χ4v) is 2.94. The summed E-state index contributed by atoms with van der Waals surface area (Å²) in [5, 5.41) is 3.41. The lowest BCUT2D eigenvalue weighted by molar-refractivity contribution is -0.131. The molecule has 1 unspecified atom stereocenters. The van der Waals surface area contributed by atoms with E-state index in [2.05, 4.69) is 24.1 Å². The molecule has 18 heavy (non-hydrogen) atoms. The average Bonchev–Trinajstić information content (AvgIpc) is 2.68. The summed E-state index contributed by atoms with van der Waals surface area (Å²) in [4.78, 5) is 14.3. The number of hydrogen-bond donors (Lipinski definition) is 1. The normalized spacial score (nSPS) is 27.4. The highest BCUT2D eigenvalue weighted by atomic mass is 35.5. The van der Waals surface area contributed by atoms with Crippen LogP contribution in [0.25, 0.3) is 0 Å². The van der Waals surface area contributed by atoms with Gasteiger partial charge in [0.2, 0.25) is 5.91 Å². The van der Waals surface area contributed by atoms with E-state index in [-0.39, 0.29) is 12.4 Å². The number of halogens is 1. The molecular weight excluding hydrogens is 248 g/mol. The predicted molar refractivity (Wildman–Crippen MR) is 77.1 cm³/mol. The summed E-state index contributed by atoms with van der Waals surface area (Å²) in [6.45, 7) is 7.65. The van der Waals surface area contributed by atoms with Crippen LogP contribution in [0.1, 0.15) is 52.4 Å². The fraction of sp³-hybridized carbons (Fsp3) is 0.929. The molecule has 0 saturated carbocycles. The average molecular weight is 275 g/mol. The van der Waals surface area contributed by atoms with Crippen LogP contribution in [-0.4, -0.2) is 36.5 Å². The molecule has 0 aromatic carbocycles. The van der Waals surface area contributed by atoms with Gasteiger partial charge in [-0.1, -0.05) is 13.8 Å². The summed E-state index contributed by atoms with van der Waals surface area (Å²) in [7, 11) is 0. The van der Waals surface area contributed by atoms with Crippen LogP contribution < -0.4 is 5.32 Å². The van der Waals surface area contributed by atoms with Crippen LogP contribution in [-0.2, 0) is 4.79 Å². The van der Waals surface area contributed by atoms with Crippen LogP contribution in [0.4, 0.5) is 0 Å². The Morgan fingerprint density at radius 2 is 2.06 bits per heavy atom. The van der Waals surface area contributed by atoms with Crippen molar-refractivity contribution >= 4 is 18.3 Å². The zero-order chi connectivity index (χ0) is 12.3. The molecule has 3 nitrogen and oxygen atoms in total. The standard InChI is InChI=1S/C14H26N2O.ClH/c1-14(2)6-4-9-16(10-7-14)13(17)11-12-5-3-8-15-12;/h12,15H,3-11H2,1-2H3;1H. The fourth-order valence-electron chi connectivity index (χ4n) is 2.94. The van der Waals surface area contributed by atoms with Crippen molar-refractivity contribution in [1.82, 2.24) is 10.2 Å². The zero-order valence-electron chi connectivity index (χ0n) is 11.7. The smallest absolute Gasteiger partial charge is 0.224 e. The van der Waals surface area contributed by atoms with Crippen molar-refractivity contribution in [2.45, 2.75) is 58.4 Å². The molecular formula is C14H27ClN2O. The highest BCUT2D eigenvalue weighted by Crippen LogP contribution is 2.30. The molecule has 2 fully saturated rings. The van der Waals surface area contributed by atoms with Gasteiger partial charge in [-0.15, -0.1) is 12.4 Å². The number of amides is 1. The van der Waals surface area contributed by atoms with Crippen LogP contribution >= 0.6 is 12.4 Å². The Balaban J connectivity index is 0.00000162. The Kier molecular flexibility index (Phi) is 5.93. The highest BCUT2D eigenvalue weighted by Gasteiger charge is 2.27. The van der Waals surface area contributed by atoms with Crippen molar-refractivity contribution in [3.05, 3.63) is 0 Å². The Morgan fingerprint density at radius 1 is 1.28 bits per heavy atom. The summed E-state index contributed by atoms with van der Waals surface area (Å²) in [6.07, 6.45) is 6.67. The second-order valence-corrected chi connectivity index (χ2v) is 6.40. The van der Waals surface area contributed by atoms with Crippen LogP contribution in [0.3, 0.4) is 0 Å². The molecule has 2 heterocycles. The lowest BCUT2D eigenvalue weighted by atomic mass is 9.85. The van der Waals surface area contributed by atoms with Gasteiger partial charge in [-0.3, -0.25) is 4.79 Å². The molecule has 2 aliphatic heterocycles. The van der Waals surface area contributed by atoms with E-state index in [9.17, 15) is 4.79 Å². The summed E-state index contributed by atoms with van der Waals surface area (Å²) in [5.41, 5.74) is 0.417. The SMILES string of the molecule is CC1(C)CCCN(C(=O)CC2CCCN2)CC1.Cl. The van der Waals surface area contributed by atoms with E-state index in [0.29, 0.717) is 23.8 Å². The van der Waals surface area contributed by atoms with Gasteiger partial charge in [0.25, 0.3) is 0 Å². The zero-order valence-corrected chi connectivity index (χ0v) is 12.5. The van der Waals surface area contributed by atoms with Gasteiger partial charge in [-0.05, 0) is 44.1 Å². The number of carbonyl (C=O) groups is 1. The van der Waals surface area contributed by atoms with Crippen molar-refractivity contribution in [3.8, 4) is 0 Å². The molecule has 1 amide bonds. The molecule has 106 valence electrons. The molecule has 0 aromatic rings. The molecule has 1 N–H and O–H groups in total. The van der Waals surface area contributed by atoms with E-state index in [1.165, 1.54) is 19.3 Å². The van der Waals surface area contributed by atoms with Crippen molar-refractivity contribution in [1.29, 1.82) is 0 Å². The Bertz CT molecular complexity index is 275. The number of carbonyl (C=O) groups excluding carboxylic acids is 1. The minimum atomic E-state index is 0. The van der Waals surface area contributed by atoms with Gasteiger partial charge in [0.15, 0.2) is 0 Å². The topological polar surface area (TPSA) is 32.3 Å². The first-order chi connectivity index (χ1) is 8.07. The second-order valence-electron chi connectivity index (χ2n) is 6.40. The molecule has 1 atom stereocenters. The van der Waals surface area contributed by atoms with Gasteiger partial charge in [-0.25, -0.2) is 0 Å². The molecule has 0 bridgehead atoms. The van der Waals surface area contributed by atoms with Gasteiger partial charge >= 0.3 is 0 Å². The number of likely N-dealkylation sites (tertiary alicyclic amines) is 1. The molecule has 4 heteroatoms. The van der Waals surface area contributed by atoms with Crippen molar-refractivity contribution in [3.63, 3.8) is 0 Å². The summed E-state index contributed by atoms with van der Waals surface area (Å²) >= 11 is 0. The largest absolute Gasteiger partial charge is 0.343 e. The molecule has 2 saturated heterocycles. The van der Waals surface area contributed by atoms with Crippen molar-refractivity contribution in [2.24, 2.45) is 5.41 Å². The van der Waals surface area contributed by atoms with Gasteiger partial charge in [0.1, 0.15) is 0 Å². The van der Waals surface area contributed by atoms with Gasteiger partial charge < -0.3 is 10.2 Å². The van der Waals surface area contributed by atoms with Crippen LogP contribution in [0.5, 0.6) is 0 Å². The third kappa shape index (κ3) is 4.43. The van der Waals surface area contributed by atoms with E-state index in [1.54, 1.807) is 0 Å². The molecule has 0 spiro atoms. The van der Waals surface area contributed by atoms with E-state index in [1.807, 2.05) is 0 Å². The summed E-state index contributed by atoms with van der Waals surface area (Å²) < 4.78 is 0. The lowest BCUT2D eigenvalue weighted by Crippen LogP contribution is -2.36. The third-order valence-corrected chi connectivity index (χ3v) is 4.28. The van der Waals surface area contributed by atoms with Crippen molar-refractivity contribution < 1.29 is 4.79 Å². The second kappa shape index (κ2) is 6.76. The first-order valence-corrected chi connectivity index (χ1v) is 7.08. The number of hydrogen-bond acceptors (Lipinski definition) is 2. The van der Waals surface area contributed by atoms with Crippen LogP contribution in [0.2, 0.25) is 0 Å². The quantitative estimate of drug-likeness (QED) is 0.839. The maximum Gasteiger partial charge on any atom is 0.224 e. The minimum absolute atomic E-state index is 0. The minimum Gasteiger partial charge on any atom is -0.343 e. The highest BCUT2D eigenvalue weighted by molar-refractivity contribution is 5.85. The third-order valence-electron chi connectivity index (χ3n) is 4.28. The van der Waals surface area contributed by atoms with Crippen LogP contribution in [0, 0.1) is 5.41 Å². The Hall–Kier alpha value is -0.280.